The molecular weight excluding hydrogens is 298 g/mol. The molecule has 0 saturated heterocycles. The standard InChI is InChI=1S/C15H21N5O3/c1-9-11(8-16-19(9)3)6-7-12(21)17-13-10(2)20(4)18-14(13)15(22)23-5/h8H,6-7H2,1-5H3,(H,17,21). The van der Waals surface area contributed by atoms with Crippen LogP contribution in [0.4, 0.5) is 5.69 Å². The Bertz CT molecular complexity index is 745. The number of rotatable bonds is 5. The number of methoxy groups -OCH3 is 1. The lowest BCUT2D eigenvalue weighted by Crippen LogP contribution is -2.16. The SMILES string of the molecule is COC(=O)c1nn(C)c(C)c1NC(=O)CCc1cnn(C)c1C. The molecule has 0 saturated carbocycles. The highest BCUT2D eigenvalue weighted by molar-refractivity contribution is 6.00. The average Bonchev–Trinajstić information content (AvgIpc) is 2.99. The second-order valence-electron chi connectivity index (χ2n) is 5.35. The van der Waals surface area contributed by atoms with E-state index in [-0.39, 0.29) is 11.6 Å². The maximum absolute atomic E-state index is 12.2. The molecule has 2 heterocycles. The minimum atomic E-state index is -0.577. The molecular formula is C15H21N5O3. The van der Waals surface area contributed by atoms with Gasteiger partial charge in [0.25, 0.3) is 0 Å². The van der Waals surface area contributed by atoms with E-state index >= 15 is 0 Å². The van der Waals surface area contributed by atoms with E-state index in [2.05, 4.69) is 15.5 Å². The van der Waals surface area contributed by atoms with Crippen LogP contribution in [0.25, 0.3) is 0 Å². The Kier molecular flexibility index (Phi) is 4.83. The molecule has 0 atom stereocenters. The fraction of sp³-hybridized carbons (Fsp3) is 0.467. The zero-order valence-electron chi connectivity index (χ0n) is 14.0. The number of anilines is 1. The monoisotopic (exact) mass is 319 g/mol. The van der Waals surface area contributed by atoms with Crippen LogP contribution in [0.3, 0.4) is 0 Å². The van der Waals surface area contributed by atoms with Gasteiger partial charge in [-0.25, -0.2) is 4.79 Å². The van der Waals surface area contributed by atoms with Crippen LogP contribution < -0.4 is 5.32 Å². The zero-order valence-corrected chi connectivity index (χ0v) is 14.0. The van der Waals surface area contributed by atoms with Crippen molar-refractivity contribution in [3.63, 3.8) is 0 Å². The maximum atomic E-state index is 12.2. The Morgan fingerprint density at radius 3 is 2.48 bits per heavy atom. The van der Waals surface area contributed by atoms with E-state index in [0.29, 0.717) is 24.2 Å². The molecule has 0 fully saturated rings. The van der Waals surface area contributed by atoms with Crippen LogP contribution in [0.2, 0.25) is 0 Å². The molecule has 2 aromatic rings. The van der Waals surface area contributed by atoms with E-state index in [1.54, 1.807) is 24.9 Å². The molecule has 1 amide bonds. The largest absolute Gasteiger partial charge is 0.464 e. The van der Waals surface area contributed by atoms with E-state index in [9.17, 15) is 9.59 Å². The molecule has 8 nitrogen and oxygen atoms in total. The Balaban J connectivity index is 2.08. The summed E-state index contributed by atoms with van der Waals surface area (Å²) in [5.41, 5.74) is 3.26. The van der Waals surface area contributed by atoms with Crippen LogP contribution in [-0.4, -0.2) is 38.5 Å². The van der Waals surface area contributed by atoms with Gasteiger partial charge in [0, 0.05) is 26.2 Å². The Morgan fingerprint density at radius 1 is 1.22 bits per heavy atom. The second-order valence-corrected chi connectivity index (χ2v) is 5.35. The molecule has 23 heavy (non-hydrogen) atoms. The third kappa shape index (κ3) is 3.41. The highest BCUT2D eigenvalue weighted by Gasteiger charge is 2.22. The average molecular weight is 319 g/mol. The number of hydrogen-bond acceptors (Lipinski definition) is 5. The number of nitrogens with one attached hydrogen (secondary N) is 1. The van der Waals surface area contributed by atoms with Crippen molar-refractivity contribution in [3.8, 4) is 0 Å². The lowest BCUT2D eigenvalue weighted by molar-refractivity contribution is -0.116. The molecule has 0 aliphatic rings. The van der Waals surface area contributed by atoms with Crippen molar-refractivity contribution in [2.24, 2.45) is 14.1 Å². The van der Waals surface area contributed by atoms with Gasteiger partial charge in [0.1, 0.15) is 0 Å². The molecule has 0 unspecified atom stereocenters. The van der Waals surface area contributed by atoms with Gasteiger partial charge >= 0.3 is 5.97 Å². The number of aryl methyl sites for hydroxylation is 3. The number of hydrogen-bond donors (Lipinski definition) is 1. The van der Waals surface area contributed by atoms with E-state index in [1.807, 2.05) is 14.0 Å². The topological polar surface area (TPSA) is 91.0 Å². The first-order valence-electron chi connectivity index (χ1n) is 7.24. The Hall–Kier alpha value is -2.64. The van der Waals surface area contributed by atoms with Gasteiger partial charge in [-0.1, -0.05) is 0 Å². The van der Waals surface area contributed by atoms with Crippen LogP contribution in [0, 0.1) is 13.8 Å². The van der Waals surface area contributed by atoms with Crippen LogP contribution in [-0.2, 0) is 30.0 Å². The number of carbonyl (C=O) groups is 2. The smallest absolute Gasteiger partial charge is 0.360 e. The van der Waals surface area contributed by atoms with Crippen molar-refractivity contribution in [1.82, 2.24) is 19.6 Å². The predicted octanol–water partition coefficient (Wildman–Crippen LogP) is 1.13. The normalized spacial score (nSPS) is 10.7. The summed E-state index contributed by atoms with van der Waals surface area (Å²) in [5, 5.41) is 11.0. The molecule has 0 aromatic carbocycles. The summed E-state index contributed by atoms with van der Waals surface area (Å²) < 4.78 is 8.00. The number of nitrogens with zero attached hydrogens (tertiary/aromatic N) is 4. The molecule has 2 rings (SSSR count). The molecule has 0 aliphatic carbocycles. The Labute approximate surface area is 134 Å². The summed E-state index contributed by atoms with van der Waals surface area (Å²) in [7, 11) is 4.85. The maximum Gasteiger partial charge on any atom is 0.360 e. The van der Waals surface area contributed by atoms with Crippen molar-refractivity contribution in [2.75, 3.05) is 12.4 Å². The van der Waals surface area contributed by atoms with E-state index in [1.165, 1.54) is 11.8 Å². The molecule has 2 aromatic heterocycles. The fourth-order valence-corrected chi connectivity index (χ4v) is 2.24. The molecule has 124 valence electrons. The van der Waals surface area contributed by atoms with Gasteiger partial charge in [0.05, 0.1) is 24.7 Å². The first-order chi connectivity index (χ1) is 10.8. The van der Waals surface area contributed by atoms with Crippen molar-refractivity contribution in [2.45, 2.75) is 26.7 Å². The summed E-state index contributed by atoms with van der Waals surface area (Å²) in [6.45, 7) is 3.74. The highest BCUT2D eigenvalue weighted by atomic mass is 16.5. The predicted molar refractivity (Wildman–Crippen MR) is 84.2 cm³/mol. The minimum Gasteiger partial charge on any atom is -0.464 e. The first-order valence-corrected chi connectivity index (χ1v) is 7.24. The van der Waals surface area contributed by atoms with Crippen molar-refractivity contribution < 1.29 is 14.3 Å². The van der Waals surface area contributed by atoms with Crippen LogP contribution in [0.5, 0.6) is 0 Å². The summed E-state index contributed by atoms with van der Waals surface area (Å²) >= 11 is 0. The summed E-state index contributed by atoms with van der Waals surface area (Å²) in [4.78, 5) is 23.9. The Morgan fingerprint density at radius 2 is 1.91 bits per heavy atom. The lowest BCUT2D eigenvalue weighted by Gasteiger charge is -2.06. The number of esters is 1. The quantitative estimate of drug-likeness (QED) is 0.834. The molecule has 1 N–H and O–H groups in total. The third-order valence-electron chi connectivity index (χ3n) is 3.94. The number of aromatic nitrogens is 4. The van der Waals surface area contributed by atoms with Crippen LogP contribution in [0.1, 0.15) is 33.9 Å². The van der Waals surface area contributed by atoms with Gasteiger partial charge in [0.2, 0.25) is 5.91 Å². The number of ether oxygens (including phenoxy) is 1. The van der Waals surface area contributed by atoms with E-state index in [0.717, 1.165) is 11.3 Å². The summed E-state index contributed by atoms with van der Waals surface area (Å²) in [6, 6.07) is 0. The second kappa shape index (κ2) is 6.64. The van der Waals surface area contributed by atoms with Crippen molar-refractivity contribution in [1.29, 1.82) is 0 Å². The summed E-state index contributed by atoms with van der Waals surface area (Å²) in [6.07, 6.45) is 2.64. The lowest BCUT2D eigenvalue weighted by atomic mass is 10.1. The van der Waals surface area contributed by atoms with Crippen molar-refractivity contribution >= 4 is 17.6 Å². The third-order valence-corrected chi connectivity index (χ3v) is 3.94. The van der Waals surface area contributed by atoms with Gasteiger partial charge in [-0.3, -0.25) is 14.2 Å². The van der Waals surface area contributed by atoms with Crippen LogP contribution >= 0.6 is 0 Å². The molecule has 8 heteroatoms. The molecule has 0 radical (unpaired) electrons. The van der Waals surface area contributed by atoms with Gasteiger partial charge in [-0.05, 0) is 25.8 Å². The van der Waals surface area contributed by atoms with Gasteiger partial charge in [-0.2, -0.15) is 10.2 Å². The van der Waals surface area contributed by atoms with E-state index < -0.39 is 5.97 Å². The number of carbonyl (C=O) groups excluding carboxylic acids is 2. The first kappa shape index (κ1) is 16.7. The van der Waals surface area contributed by atoms with E-state index in [4.69, 9.17) is 4.74 Å². The summed E-state index contributed by atoms with van der Waals surface area (Å²) in [5.74, 6) is -0.762. The molecule has 0 bridgehead atoms. The van der Waals surface area contributed by atoms with Gasteiger partial charge < -0.3 is 10.1 Å². The highest BCUT2D eigenvalue weighted by Crippen LogP contribution is 2.21. The molecule has 0 aliphatic heterocycles. The van der Waals surface area contributed by atoms with Gasteiger partial charge in [-0.15, -0.1) is 0 Å². The van der Waals surface area contributed by atoms with Crippen molar-refractivity contribution in [3.05, 3.63) is 28.8 Å². The fourth-order valence-electron chi connectivity index (χ4n) is 2.24. The van der Waals surface area contributed by atoms with Crippen LogP contribution in [0.15, 0.2) is 6.20 Å². The molecule has 0 spiro atoms. The zero-order chi connectivity index (χ0) is 17.1. The number of amides is 1. The minimum absolute atomic E-state index is 0.110. The van der Waals surface area contributed by atoms with Gasteiger partial charge in [0.15, 0.2) is 5.69 Å².